The Morgan fingerprint density at radius 1 is 1.29 bits per heavy atom. The molecule has 0 saturated heterocycles. The summed E-state index contributed by atoms with van der Waals surface area (Å²) in [7, 11) is -3.41. The van der Waals surface area contributed by atoms with Gasteiger partial charge in [-0.15, -0.1) is 0 Å². The summed E-state index contributed by atoms with van der Waals surface area (Å²) in [4.78, 5) is 0.374. The van der Waals surface area contributed by atoms with E-state index in [2.05, 4.69) is 0 Å². The molecular formula is C12H20N2O2S. The lowest BCUT2D eigenvalue weighted by molar-refractivity contribution is 0.435. The van der Waals surface area contributed by atoms with Crippen molar-refractivity contribution in [2.24, 2.45) is 5.73 Å². The highest BCUT2D eigenvalue weighted by molar-refractivity contribution is 7.89. The van der Waals surface area contributed by atoms with Gasteiger partial charge in [0.15, 0.2) is 0 Å². The van der Waals surface area contributed by atoms with E-state index < -0.39 is 10.0 Å². The van der Waals surface area contributed by atoms with Crippen LogP contribution in [0, 0.1) is 13.8 Å². The number of likely N-dealkylation sites (N-methyl/N-ethyl adjacent to an activating group) is 1. The zero-order chi connectivity index (χ0) is 13.1. The summed E-state index contributed by atoms with van der Waals surface area (Å²) in [5.74, 6) is 0. The second-order valence-corrected chi connectivity index (χ2v) is 5.96. The number of rotatable bonds is 5. The number of aryl methyl sites for hydroxylation is 2. The minimum absolute atomic E-state index is 0.331. The third-order valence-corrected chi connectivity index (χ3v) is 4.81. The van der Waals surface area contributed by atoms with Crippen LogP contribution in [0.25, 0.3) is 0 Å². The molecule has 0 aliphatic rings. The molecule has 1 aromatic carbocycles. The molecule has 1 rings (SSSR count). The Morgan fingerprint density at radius 3 is 2.41 bits per heavy atom. The lowest BCUT2D eigenvalue weighted by Crippen LogP contribution is -2.35. The molecule has 0 aliphatic carbocycles. The molecule has 0 aromatic heterocycles. The topological polar surface area (TPSA) is 63.4 Å². The fraction of sp³-hybridized carbons (Fsp3) is 0.500. The maximum atomic E-state index is 12.4. The van der Waals surface area contributed by atoms with Crippen molar-refractivity contribution in [2.45, 2.75) is 25.7 Å². The molecule has 0 unspecified atom stereocenters. The predicted octanol–water partition coefficient (Wildman–Crippen LogP) is 1.27. The molecule has 0 saturated carbocycles. The van der Waals surface area contributed by atoms with E-state index in [0.29, 0.717) is 24.5 Å². The molecule has 96 valence electrons. The Hall–Kier alpha value is -0.910. The number of hydrogen-bond donors (Lipinski definition) is 1. The Balaban J connectivity index is 3.20. The van der Waals surface area contributed by atoms with Gasteiger partial charge >= 0.3 is 0 Å². The minimum atomic E-state index is -3.41. The first-order valence-electron chi connectivity index (χ1n) is 5.71. The number of sulfonamides is 1. The van der Waals surface area contributed by atoms with Gasteiger partial charge in [-0.1, -0.05) is 24.6 Å². The second kappa shape index (κ2) is 5.62. The smallest absolute Gasteiger partial charge is 0.243 e. The van der Waals surface area contributed by atoms with Crippen molar-refractivity contribution < 1.29 is 8.42 Å². The Kier molecular flexibility index (Phi) is 4.68. The maximum Gasteiger partial charge on any atom is 0.243 e. The molecule has 4 nitrogen and oxygen atoms in total. The van der Waals surface area contributed by atoms with Gasteiger partial charge in [0, 0.05) is 19.6 Å². The summed E-state index contributed by atoms with van der Waals surface area (Å²) in [5, 5.41) is 0. The third-order valence-electron chi connectivity index (χ3n) is 2.68. The van der Waals surface area contributed by atoms with E-state index >= 15 is 0 Å². The van der Waals surface area contributed by atoms with E-state index in [0.717, 1.165) is 11.1 Å². The summed E-state index contributed by atoms with van der Waals surface area (Å²) in [6.07, 6.45) is 0. The fourth-order valence-electron chi connectivity index (χ4n) is 1.82. The number of nitrogens with zero attached hydrogens (tertiary/aromatic N) is 1. The average molecular weight is 256 g/mol. The second-order valence-electron chi connectivity index (χ2n) is 4.05. The Bertz CT molecular complexity index is 483. The van der Waals surface area contributed by atoms with Crippen LogP contribution in [0.4, 0.5) is 0 Å². The quantitative estimate of drug-likeness (QED) is 0.863. The van der Waals surface area contributed by atoms with E-state index in [1.807, 2.05) is 32.9 Å². The molecule has 0 radical (unpaired) electrons. The van der Waals surface area contributed by atoms with Gasteiger partial charge in [0.05, 0.1) is 4.90 Å². The first-order valence-corrected chi connectivity index (χ1v) is 7.15. The van der Waals surface area contributed by atoms with E-state index in [-0.39, 0.29) is 0 Å². The highest BCUT2D eigenvalue weighted by Gasteiger charge is 2.23. The minimum Gasteiger partial charge on any atom is -0.329 e. The first kappa shape index (κ1) is 14.2. The van der Waals surface area contributed by atoms with Crippen molar-refractivity contribution in [1.29, 1.82) is 0 Å². The number of nitrogens with two attached hydrogens (primary N) is 1. The Labute approximate surface area is 103 Å². The average Bonchev–Trinajstić information content (AvgIpc) is 2.24. The van der Waals surface area contributed by atoms with Crippen molar-refractivity contribution in [3.05, 3.63) is 29.3 Å². The predicted molar refractivity (Wildman–Crippen MR) is 69.4 cm³/mol. The zero-order valence-corrected chi connectivity index (χ0v) is 11.4. The van der Waals surface area contributed by atoms with Crippen LogP contribution in [-0.4, -0.2) is 32.4 Å². The summed E-state index contributed by atoms with van der Waals surface area (Å²) in [6, 6.07) is 5.36. The van der Waals surface area contributed by atoms with Gasteiger partial charge in [0.25, 0.3) is 0 Å². The van der Waals surface area contributed by atoms with E-state index in [4.69, 9.17) is 5.73 Å². The summed E-state index contributed by atoms with van der Waals surface area (Å²) in [6.45, 7) is 6.70. The summed E-state index contributed by atoms with van der Waals surface area (Å²) < 4.78 is 26.1. The van der Waals surface area contributed by atoms with Gasteiger partial charge < -0.3 is 5.73 Å². The number of hydrogen-bond acceptors (Lipinski definition) is 3. The van der Waals surface area contributed by atoms with Gasteiger partial charge in [0.2, 0.25) is 10.0 Å². The standard InChI is InChI=1S/C12H20N2O2S/c1-4-14(8-7-13)17(15,16)12-6-5-10(2)9-11(12)3/h5-6,9H,4,7-8,13H2,1-3H3. The van der Waals surface area contributed by atoms with Crippen molar-refractivity contribution in [2.75, 3.05) is 19.6 Å². The van der Waals surface area contributed by atoms with Crippen LogP contribution in [0.15, 0.2) is 23.1 Å². The molecule has 17 heavy (non-hydrogen) atoms. The van der Waals surface area contributed by atoms with Gasteiger partial charge in [-0.25, -0.2) is 8.42 Å². The van der Waals surface area contributed by atoms with E-state index in [1.165, 1.54) is 4.31 Å². The van der Waals surface area contributed by atoms with Crippen molar-refractivity contribution in [1.82, 2.24) is 4.31 Å². The normalized spacial score (nSPS) is 12.1. The monoisotopic (exact) mass is 256 g/mol. The van der Waals surface area contributed by atoms with Crippen LogP contribution < -0.4 is 5.73 Å². The van der Waals surface area contributed by atoms with Crippen molar-refractivity contribution >= 4 is 10.0 Å². The van der Waals surface area contributed by atoms with Crippen LogP contribution in [0.1, 0.15) is 18.1 Å². The largest absolute Gasteiger partial charge is 0.329 e. The summed E-state index contributed by atoms with van der Waals surface area (Å²) in [5.41, 5.74) is 7.27. The molecule has 0 aliphatic heterocycles. The fourth-order valence-corrected chi connectivity index (χ4v) is 3.49. The third kappa shape index (κ3) is 3.06. The van der Waals surface area contributed by atoms with Gasteiger partial charge in [-0.2, -0.15) is 4.31 Å². The number of benzene rings is 1. The molecule has 0 bridgehead atoms. The molecule has 0 fully saturated rings. The van der Waals surface area contributed by atoms with E-state index in [1.54, 1.807) is 6.07 Å². The molecule has 1 aromatic rings. The van der Waals surface area contributed by atoms with Crippen LogP contribution in [0.5, 0.6) is 0 Å². The first-order chi connectivity index (χ1) is 7.93. The highest BCUT2D eigenvalue weighted by Crippen LogP contribution is 2.20. The van der Waals surface area contributed by atoms with Crippen molar-refractivity contribution in [3.8, 4) is 0 Å². The lowest BCUT2D eigenvalue weighted by atomic mass is 10.2. The lowest BCUT2D eigenvalue weighted by Gasteiger charge is -2.20. The summed E-state index contributed by atoms with van der Waals surface area (Å²) >= 11 is 0. The molecule has 0 heterocycles. The zero-order valence-electron chi connectivity index (χ0n) is 10.6. The van der Waals surface area contributed by atoms with Gasteiger partial charge in [-0.3, -0.25) is 0 Å². The van der Waals surface area contributed by atoms with Gasteiger partial charge in [-0.05, 0) is 25.5 Å². The molecule has 0 amide bonds. The van der Waals surface area contributed by atoms with Gasteiger partial charge in [0.1, 0.15) is 0 Å². The van der Waals surface area contributed by atoms with E-state index in [9.17, 15) is 8.42 Å². The molecule has 2 N–H and O–H groups in total. The Morgan fingerprint density at radius 2 is 1.94 bits per heavy atom. The molecule has 0 spiro atoms. The molecular weight excluding hydrogens is 236 g/mol. The molecule has 5 heteroatoms. The van der Waals surface area contributed by atoms with Crippen LogP contribution in [0.3, 0.4) is 0 Å². The van der Waals surface area contributed by atoms with Crippen molar-refractivity contribution in [3.63, 3.8) is 0 Å². The highest BCUT2D eigenvalue weighted by atomic mass is 32.2. The van der Waals surface area contributed by atoms with Crippen LogP contribution in [-0.2, 0) is 10.0 Å². The maximum absolute atomic E-state index is 12.4. The van der Waals surface area contributed by atoms with Crippen LogP contribution >= 0.6 is 0 Å². The molecule has 0 atom stereocenters. The van der Waals surface area contributed by atoms with Crippen LogP contribution in [0.2, 0.25) is 0 Å². The SMILES string of the molecule is CCN(CCN)S(=O)(=O)c1ccc(C)cc1C.